The third-order valence-corrected chi connectivity index (χ3v) is 3.84. The van der Waals surface area contributed by atoms with Crippen LogP contribution in [0, 0.1) is 0 Å². The number of hydrogen-bond donors (Lipinski definition) is 1. The van der Waals surface area contributed by atoms with Crippen LogP contribution in [0.15, 0.2) is 59.2 Å². The molecule has 106 valence electrons. The van der Waals surface area contributed by atoms with Gasteiger partial charge in [0.1, 0.15) is 11.6 Å². The van der Waals surface area contributed by atoms with Gasteiger partial charge < -0.3 is 10.1 Å². The van der Waals surface area contributed by atoms with Crippen molar-refractivity contribution in [2.45, 2.75) is 6.54 Å². The normalized spacial score (nSPS) is 10.6. The maximum Gasteiger partial charge on any atom is 0.134 e. The van der Waals surface area contributed by atoms with E-state index in [2.05, 4.69) is 38.4 Å². The largest absolute Gasteiger partial charge is 0.497 e. The lowest BCUT2D eigenvalue weighted by atomic mass is 10.1. The summed E-state index contributed by atoms with van der Waals surface area (Å²) in [6.07, 6.45) is 1.83. The lowest BCUT2D eigenvalue weighted by Crippen LogP contribution is -2.01. The zero-order chi connectivity index (χ0) is 14.7. The van der Waals surface area contributed by atoms with E-state index in [9.17, 15) is 0 Å². The molecule has 0 saturated heterocycles. The topological polar surface area (TPSA) is 34.1 Å². The molecular weight excluding hydrogens is 328 g/mol. The van der Waals surface area contributed by atoms with Crippen LogP contribution in [0.25, 0.3) is 10.8 Å². The second-order valence-electron chi connectivity index (χ2n) is 4.73. The van der Waals surface area contributed by atoms with Gasteiger partial charge in [-0.25, -0.2) is 4.98 Å². The number of hydrogen-bond acceptors (Lipinski definition) is 3. The number of nitrogens with one attached hydrogen (secondary N) is 1. The molecule has 3 aromatic rings. The number of halogens is 1. The summed E-state index contributed by atoms with van der Waals surface area (Å²) < 4.78 is 6.22. The average Bonchev–Trinajstić information content (AvgIpc) is 2.53. The molecule has 0 bridgehead atoms. The molecule has 0 aliphatic carbocycles. The zero-order valence-electron chi connectivity index (χ0n) is 11.6. The van der Waals surface area contributed by atoms with Crippen molar-refractivity contribution >= 4 is 32.5 Å². The van der Waals surface area contributed by atoms with Crippen LogP contribution in [0.4, 0.5) is 5.82 Å². The van der Waals surface area contributed by atoms with Crippen molar-refractivity contribution in [3.05, 3.63) is 64.8 Å². The van der Waals surface area contributed by atoms with E-state index in [-0.39, 0.29) is 0 Å². The summed E-state index contributed by atoms with van der Waals surface area (Å²) in [6, 6.07) is 16.2. The Kier molecular flexibility index (Phi) is 4.06. The molecule has 3 nitrogen and oxygen atoms in total. The van der Waals surface area contributed by atoms with E-state index in [1.807, 2.05) is 42.6 Å². The molecule has 0 aliphatic rings. The molecule has 0 atom stereocenters. The predicted molar refractivity (Wildman–Crippen MR) is 89.8 cm³/mol. The van der Waals surface area contributed by atoms with Crippen LogP contribution in [0.5, 0.6) is 5.75 Å². The Balaban J connectivity index is 1.82. The lowest BCUT2D eigenvalue weighted by Gasteiger charge is -2.09. The van der Waals surface area contributed by atoms with E-state index in [1.54, 1.807) is 7.11 Å². The minimum Gasteiger partial charge on any atom is -0.497 e. The van der Waals surface area contributed by atoms with Crippen LogP contribution in [0.2, 0.25) is 0 Å². The van der Waals surface area contributed by atoms with Crippen LogP contribution in [-0.2, 0) is 6.54 Å². The maximum atomic E-state index is 5.16. The Morgan fingerprint density at radius 2 is 1.90 bits per heavy atom. The van der Waals surface area contributed by atoms with E-state index in [0.717, 1.165) is 28.0 Å². The molecule has 1 N–H and O–H groups in total. The number of ether oxygens (including phenoxy) is 1. The molecule has 21 heavy (non-hydrogen) atoms. The Labute approximate surface area is 132 Å². The third kappa shape index (κ3) is 3.16. The fourth-order valence-electron chi connectivity index (χ4n) is 2.21. The van der Waals surface area contributed by atoms with Crippen LogP contribution in [0.1, 0.15) is 5.56 Å². The van der Waals surface area contributed by atoms with Gasteiger partial charge in [0.15, 0.2) is 0 Å². The molecule has 0 radical (unpaired) electrons. The van der Waals surface area contributed by atoms with Gasteiger partial charge in [-0.15, -0.1) is 0 Å². The lowest BCUT2D eigenvalue weighted by molar-refractivity contribution is 0.414. The summed E-state index contributed by atoms with van der Waals surface area (Å²) in [7, 11) is 1.67. The van der Waals surface area contributed by atoms with Gasteiger partial charge in [-0.1, -0.05) is 34.1 Å². The number of anilines is 1. The van der Waals surface area contributed by atoms with Crippen molar-refractivity contribution in [2.24, 2.45) is 0 Å². The second kappa shape index (κ2) is 6.14. The first-order chi connectivity index (χ1) is 10.3. The van der Waals surface area contributed by atoms with Gasteiger partial charge in [-0.05, 0) is 41.3 Å². The molecule has 3 rings (SSSR count). The maximum absolute atomic E-state index is 5.16. The number of rotatable bonds is 4. The highest BCUT2D eigenvalue weighted by molar-refractivity contribution is 9.10. The quantitative estimate of drug-likeness (QED) is 0.751. The summed E-state index contributed by atoms with van der Waals surface area (Å²) in [5.74, 6) is 1.76. The van der Waals surface area contributed by atoms with E-state index in [0.29, 0.717) is 0 Å². The van der Waals surface area contributed by atoms with Gasteiger partial charge in [0.05, 0.1) is 7.11 Å². The van der Waals surface area contributed by atoms with Crippen molar-refractivity contribution in [3.63, 3.8) is 0 Å². The van der Waals surface area contributed by atoms with Gasteiger partial charge in [0, 0.05) is 22.6 Å². The average molecular weight is 343 g/mol. The fourth-order valence-corrected chi connectivity index (χ4v) is 2.57. The van der Waals surface area contributed by atoms with Crippen LogP contribution < -0.4 is 10.1 Å². The molecule has 0 fully saturated rings. The van der Waals surface area contributed by atoms with Gasteiger partial charge >= 0.3 is 0 Å². The Morgan fingerprint density at radius 1 is 1.10 bits per heavy atom. The standard InChI is InChI=1S/C17H15BrN2O/c1-21-15-6-2-12(3-7-15)11-20-17-16-10-14(18)5-4-13(16)8-9-19-17/h2-10H,11H2,1H3,(H,19,20). The number of nitrogens with zero attached hydrogens (tertiary/aromatic N) is 1. The monoisotopic (exact) mass is 342 g/mol. The van der Waals surface area contributed by atoms with Crippen molar-refractivity contribution < 1.29 is 4.74 Å². The summed E-state index contributed by atoms with van der Waals surface area (Å²) in [5.41, 5.74) is 1.18. The summed E-state index contributed by atoms with van der Waals surface area (Å²) in [6.45, 7) is 0.725. The first-order valence-electron chi connectivity index (χ1n) is 6.67. The van der Waals surface area contributed by atoms with Gasteiger partial charge in [-0.3, -0.25) is 0 Å². The van der Waals surface area contributed by atoms with Gasteiger partial charge in [0.2, 0.25) is 0 Å². The first kappa shape index (κ1) is 13.9. The number of benzene rings is 2. The molecule has 0 unspecified atom stereocenters. The molecule has 0 amide bonds. The summed E-state index contributed by atoms with van der Waals surface area (Å²) >= 11 is 3.51. The van der Waals surface area contributed by atoms with Crippen molar-refractivity contribution in [1.82, 2.24) is 4.98 Å². The van der Waals surface area contributed by atoms with E-state index < -0.39 is 0 Å². The summed E-state index contributed by atoms with van der Waals surface area (Å²) in [5, 5.41) is 5.68. The van der Waals surface area contributed by atoms with E-state index in [1.165, 1.54) is 10.9 Å². The fraction of sp³-hybridized carbons (Fsp3) is 0.118. The van der Waals surface area contributed by atoms with Gasteiger partial charge in [-0.2, -0.15) is 0 Å². The minimum absolute atomic E-state index is 0.725. The molecule has 2 aromatic carbocycles. The van der Waals surface area contributed by atoms with Crippen molar-refractivity contribution in [3.8, 4) is 5.75 Å². The number of aromatic nitrogens is 1. The first-order valence-corrected chi connectivity index (χ1v) is 7.46. The number of fused-ring (bicyclic) bond motifs is 1. The molecular formula is C17H15BrN2O. The molecule has 1 aromatic heterocycles. The highest BCUT2D eigenvalue weighted by atomic mass is 79.9. The SMILES string of the molecule is COc1ccc(CNc2nccc3ccc(Br)cc23)cc1. The van der Waals surface area contributed by atoms with Crippen LogP contribution in [-0.4, -0.2) is 12.1 Å². The minimum atomic E-state index is 0.725. The molecule has 0 saturated carbocycles. The number of methoxy groups -OCH3 is 1. The second-order valence-corrected chi connectivity index (χ2v) is 5.64. The third-order valence-electron chi connectivity index (χ3n) is 3.35. The van der Waals surface area contributed by atoms with Crippen LogP contribution >= 0.6 is 15.9 Å². The number of pyridine rings is 1. The summed E-state index contributed by atoms with van der Waals surface area (Å²) in [4.78, 5) is 4.44. The highest BCUT2D eigenvalue weighted by Gasteiger charge is 2.03. The molecule has 1 heterocycles. The molecule has 0 aliphatic heterocycles. The zero-order valence-corrected chi connectivity index (χ0v) is 13.2. The molecule has 4 heteroatoms. The smallest absolute Gasteiger partial charge is 0.134 e. The van der Waals surface area contributed by atoms with Crippen LogP contribution in [0.3, 0.4) is 0 Å². The Hall–Kier alpha value is -2.07. The van der Waals surface area contributed by atoms with E-state index >= 15 is 0 Å². The van der Waals surface area contributed by atoms with Crippen molar-refractivity contribution in [2.75, 3.05) is 12.4 Å². The van der Waals surface area contributed by atoms with E-state index in [4.69, 9.17) is 4.74 Å². The Morgan fingerprint density at radius 3 is 2.67 bits per heavy atom. The Bertz CT molecular complexity index is 756. The van der Waals surface area contributed by atoms with Crippen molar-refractivity contribution in [1.29, 1.82) is 0 Å². The molecule has 0 spiro atoms. The van der Waals surface area contributed by atoms with Gasteiger partial charge in [0.25, 0.3) is 0 Å². The highest BCUT2D eigenvalue weighted by Crippen LogP contribution is 2.25. The predicted octanol–water partition coefficient (Wildman–Crippen LogP) is 4.62.